The van der Waals surface area contributed by atoms with Crippen LogP contribution < -0.4 is 0 Å². The number of hydrogen-bond acceptors (Lipinski definition) is 1. The van der Waals surface area contributed by atoms with E-state index in [4.69, 9.17) is 5.41 Å². The molecule has 1 nitrogen and oxygen atoms in total. The van der Waals surface area contributed by atoms with Gasteiger partial charge in [0.15, 0.2) is 0 Å². The van der Waals surface area contributed by atoms with Crippen LogP contribution in [0.2, 0.25) is 0 Å². The molecule has 0 spiro atoms. The normalized spacial score (nSPS) is 9.14. The summed E-state index contributed by atoms with van der Waals surface area (Å²) >= 11 is 0. The summed E-state index contributed by atoms with van der Waals surface area (Å²) in [6.45, 7) is 8.07. The van der Waals surface area contributed by atoms with Crippen molar-refractivity contribution in [3.63, 3.8) is 0 Å². The molecule has 0 bridgehead atoms. The predicted molar refractivity (Wildman–Crippen MR) is 59.6 cm³/mol. The van der Waals surface area contributed by atoms with E-state index in [-0.39, 0.29) is 24.0 Å². The summed E-state index contributed by atoms with van der Waals surface area (Å²) in [5.74, 6) is 0. The van der Waals surface area contributed by atoms with Gasteiger partial charge in [-0.3, -0.25) is 0 Å². The van der Waals surface area contributed by atoms with Gasteiger partial charge in [-0.1, -0.05) is 58.0 Å². The van der Waals surface area contributed by atoms with E-state index in [9.17, 15) is 0 Å². The first-order valence-electron chi connectivity index (χ1n) is 4.74. The fraction of sp³-hybridized carbons (Fsp3) is 0.417. The standard InChI is InChI=1S/C10H13N.C2H6.V/c1-10(2,8-11)9-6-4-3-5-7-9;1-2;/h3-8,11H,1-2H3;1-2H3;. The van der Waals surface area contributed by atoms with Gasteiger partial charge in [0.25, 0.3) is 0 Å². The van der Waals surface area contributed by atoms with Crippen molar-refractivity contribution in [2.75, 3.05) is 0 Å². The monoisotopic (exact) mass is 228 g/mol. The van der Waals surface area contributed by atoms with Gasteiger partial charge in [0.1, 0.15) is 0 Å². The van der Waals surface area contributed by atoms with Crippen LogP contribution >= 0.6 is 0 Å². The minimum Gasteiger partial charge on any atom is -0.312 e. The van der Waals surface area contributed by atoms with Crippen molar-refractivity contribution in [3.05, 3.63) is 35.9 Å². The molecule has 0 heterocycles. The van der Waals surface area contributed by atoms with Gasteiger partial charge < -0.3 is 5.41 Å². The Labute approximate surface area is 99.3 Å². The second-order valence-corrected chi connectivity index (χ2v) is 3.23. The molecular weight excluding hydrogens is 209 g/mol. The van der Waals surface area contributed by atoms with Gasteiger partial charge >= 0.3 is 0 Å². The van der Waals surface area contributed by atoms with Crippen LogP contribution in [0.4, 0.5) is 0 Å². The van der Waals surface area contributed by atoms with Gasteiger partial charge in [0.05, 0.1) is 0 Å². The number of hydrogen-bond donors (Lipinski definition) is 1. The van der Waals surface area contributed by atoms with E-state index in [1.807, 2.05) is 58.0 Å². The summed E-state index contributed by atoms with van der Waals surface area (Å²) in [5.41, 5.74) is 1.07. The first-order chi connectivity index (χ1) is 6.17. The molecule has 14 heavy (non-hydrogen) atoms. The molecule has 2 heteroatoms. The van der Waals surface area contributed by atoms with E-state index in [0.29, 0.717) is 0 Å². The van der Waals surface area contributed by atoms with Crippen molar-refractivity contribution >= 4 is 6.21 Å². The largest absolute Gasteiger partial charge is 0.312 e. The van der Waals surface area contributed by atoms with E-state index >= 15 is 0 Å². The van der Waals surface area contributed by atoms with Gasteiger partial charge in [-0.05, 0) is 5.56 Å². The Balaban J connectivity index is 0. The first-order valence-corrected chi connectivity index (χ1v) is 4.74. The molecule has 1 rings (SSSR count). The maximum atomic E-state index is 7.22. The van der Waals surface area contributed by atoms with Crippen molar-refractivity contribution in [1.29, 1.82) is 5.41 Å². The van der Waals surface area contributed by atoms with Crippen molar-refractivity contribution in [1.82, 2.24) is 0 Å². The van der Waals surface area contributed by atoms with E-state index in [0.717, 1.165) is 0 Å². The minimum absolute atomic E-state index is 0. The van der Waals surface area contributed by atoms with Crippen molar-refractivity contribution < 1.29 is 18.6 Å². The topological polar surface area (TPSA) is 23.9 Å². The maximum absolute atomic E-state index is 7.22. The van der Waals surface area contributed by atoms with Crippen LogP contribution in [0.25, 0.3) is 0 Å². The minimum atomic E-state index is -0.124. The number of nitrogens with one attached hydrogen (secondary N) is 1. The van der Waals surface area contributed by atoms with E-state index in [2.05, 4.69) is 0 Å². The predicted octanol–water partition coefficient (Wildman–Crippen LogP) is 3.64. The summed E-state index contributed by atoms with van der Waals surface area (Å²) in [4.78, 5) is 0. The summed E-state index contributed by atoms with van der Waals surface area (Å²) in [5, 5.41) is 7.22. The molecule has 0 atom stereocenters. The molecule has 1 N–H and O–H groups in total. The van der Waals surface area contributed by atoms with Gasteiger partial charge in [0, 0.05) is 30.2 Å². The van der Waals surface area contributed by atoms with Gasteiger partial charge in [0.2, 0.25) is 0 Å². The summed E-state index contributed by atoms with van der Waals surface area (Å²) in [7, 11) is 0. The van der Waals surface area contributed by atoms with E-state index < -0.39 is 0 Å². The Morgan fingerprint density at radius 2 is 1.50 bits per heavy atom. The molecular formula is C12H19NV. The molecule has 1 radical (unpaired) electrons. The Hall–Kier alpha value is -0.526. The van der Waals surface area contributed by atoms with Gasteiger partial charge in [-0.2, -0.15) is 0 Å². The Kier molecular flexibility index (Phi) is 8.92. The molecule has 77 valence electrons. The molecule has 0 saturated heterocycles. The third-order valence-corrected chi connectivity index (χ3v) is 1.88. The fourth-order valence-corrected chi connectivity index (χ4v) is 0.951. The third-order valence-electron chi connectivity index (χ3n) is 1.88. The zero-order chi connectivity index (χ0) is 10.3. The first kappa shape index (κ1) is 15.9. The maximum Gasteiger partial charge on any atom is 0.0242 e. The average molecular weight is 228 g/mol. The van der Waals surface area contributed by atoms with Crippen LogP contribution in [0, 0.1) is 5.41 Å². The van der Waals surface area contributed by atoms with Crippen LogP contribution in [0.5, 0.6) is 0 Å². The molecule has 0 aliphatic carbocycles. The van der Waals surface area contributed by atoms with Gasteiger partial charge in [-0.15, -0.1) is 0 Å². The fourth-order valence-electron chi connectivity index (χ4n) is 0.951. The summed E-state index contributed by atoms with van der Waals surface area (Å²) in [6, 6.07) is 10.1. The zero-order valence-corrected chi connectivity index (χ0v) is 10.8. The third kappa shape index (κ3) is 4.64. The zero-order valence-electron chi connectivity index (χ0n) is 9.41. The molecule has 0 saturated carbocycles. The van der Waals surface area contributed by atoms with Crippen LogP contribution in [0.3, 0.4) is 0 Å². The number of benzene rings is 1. The van der Waals surface area contributed by atoms with Crippen LogP contribution in [-0.2, 0) is 24.0 Å². The van der Waals surface area contributed by atoms with E-state index in [1.165, 1.54) is 11.8 Å². The smallest absolute Gasteiger partial charge is 0.0242 e. The molecule has 0 fully saturated rings. The molecule has 0 unspecified atom stereocenters. The Morgan fingerprint density at radius 1 is 1.07 bits per heavy atom. The average Bonchev–Trinajstić information content (AvgIpc) is 2.22. The summed E-state index contributed by atoms with van der Waals surface area (Å²) in [6.07, 6.45) is 1.47. The molecule has 0 aliphatic rings. The SMILES string of the molecule is CC.CC(C)(C=N)c1ccccc1.[V]. The molecule has 0 aromatic heterocycles. The van der Waals surface area contributed by atoms with Crippen LogP contribution in [-0.4, -0.2) is 6.21 Å². The van der Waals surface area contributed by atoms with Crippen LogP contribution in [0.15, 0.2) is 30.3 Å². The Bertz CT molecular complexity index is 242. The van der Waals surface area contributed by atoms with E-state index in [1.54, 1.807) is 0 Å². The van der Waals surface area contributed by atoms with Crippen molar-refractivity contribution in [3.8, 4) is 0 Å². The van der Waals surface area contributed by atoms with Crippen LogP contribution in [0.1, 0.15) is 33.3 Å². The second-order valence-electron chi connectivity index (χ2n) is 3.23. The quantitative estimate of drug-likeness (QED) is 0.747. The molecule has 0 amide bonds. The molecule has 1 aromatic carbocycles. The Morgan fingerprint density at radius 3 is 1.86 bits per heavy atom. The molecule has 0 aliphatic heterocycles. The number of rotatable bonds is 2. The summed E-state index contributed by atoms with van der Waals surface area (Å²) < 4.78 is 0. The molecule has 1 aromatic rings. The van der Waals surface area contributed by atoms with Crippen molar-refractivity contribution in [2.24, 2.45) is 0 Å². The second kappa shape index (κ2) is 7.84. The van der Waals surface area contributed by atoms with Crippen molar-refractivity contribution in [2.45, 2.75) is 33.1 Å². The van der Waals surface area contributed by atoms with Gasteiger partial charge in [-0.25, -0.2) is 0 Å².